The molecular weight excluding hydrogens is 160 g/mol. The highest BCUT2D eigenvalue weighted by atomic mass is 31.1. The van der Waals surface area contributed by atoms with Crippen LogP contribution in [0.1, 0.15) is 0 Å². The smallest absolute Gasteiger partial charge is 0.262 e. The summed E-state index contributed by atoms with van der Waals surface area (Å²) in [7, 11) is -3.38. The Morgan fingerprint density at radius 3 is 1.89 bits per heavy atom. The Balaban J connectivity index is 3.52. The third kappa shape index (κ3) is 7.65. The maximum atomic E-state index is 11.0. The molecule has 54 valence electrons. The van der Waals surface area contributed by atoms with Gasteiger partial charge in [0, 0.05) is 0 Å². The number of rotatable bonds is 2. The summed E-state index contributed by atoms with van der Waals surface area (Å²) in [5.41, 5.74) is 0. The molecule has 0 heterocycles. The van der Waals surface area contributed by atoms with Gasteiger partial charge in [0.15, 0.2) is 6.61 Å². The molecule has 7 heteroatoms. The Labute approximate surface area is 48.7 Å². The number of halogens is 3. The molecule has 0 aliphatic carbocycles. The molecule has 3 nitrogen and oxygen atoms in total. The van der Waals surface area contributed by atoms with Crippen molar-refractivity contribution in [2.45, 2.75) is 6.18 Å². The first-order chi connectivity index (χ1) is 3.92. The van der Waals surface area contributed by atoms with Gasteiger partial charge in [-0.2, -0.15) is 13.2 Å². The zero-order valence-electron chi connectivity index (χ0n) is 4.01. The molecule has 0 aliphatic rings. The molecule has 0 fully saturated rings. The van der Waals surface area contributed by atoms with Gasteiger partial charge >= 0.3 is 14.1 Å². The predicted octanol–water partition coefficient (Wildman–Crippen LogP) is 1.65. The molecule has 0 amide bonds. The lowest BCUT2D eigenvalue weighted by atomic mass is 10.7. The topological polar surface area (TPSA) is 43.4 Å². The minimum Gasteiger partial charge on any atom is -0.262 e. The molecule has 0 aromatic rings. The van der Waals surface area contributed by atoms with Gasteiger partial charge in [0.2, 0.25) is 0 Å². The van der Waals surface area contributed by atoms with Gasteiger partial charge in [-0.15, -0.1) is 0 Å². The van der Waals surface area contributed by atoms with E-state index in [0.717, 1.165) is 0 Å². The first-order valence-corrected chi connectivity index (χ1v) is 2.85. The van der Waals surface area contributed by atoms with E-state index < -0.39 is 20.7 Å². The van der Waals surface area contributed by atoms with Crippen molar-refractivity contribution in [3.05, 3.63) is 0 Å². The van der Waals surface area contributed by atoms with Crippen LogP contribution in [-0.4, -0.2) is 12.8 Å². The van der Waals surface area contributed by atoms with Gasteiger partial charge in [0.05, 0.1) is 0 Å². The number of hydrogen-bond donors (Lipinski definition) is 0. The van der Waals surface area contributed by atoms with Crippen molar-refractivity contribution >= 4 is 7.91 Å². The lowest BCUT2D eigenvalue weighted by molar-refractivity contribution is -0.152. The van der Waals surface area contributed by atoms with Crippen LogP contribution >= 0.6 is 7.91 Å². The van der Waals surface area contributed by atoms with Crippen molar-refractivity contribution in [3.63, 3.8) is 0 Å². The lowest BCUT2D eigenvalue weighted by Crippen LogP contribution is -2.13. The molecule has 0 N–H and O–H groups in total. The fraction of sp³-hybridized carbons (Fsp3) is 1.00. The zero-order chi connectivity index (χ0) is 7.49. The van der Waals surface area contributed by atoms with Crippen LogP contribution in [0.25, 0.3) is 0 Å². The fourth-order valence-corrected chi connectivity index (χ4v) is 0.378. The van der Waals surface area contributed by atoms with E-state index in [4.69, 9.17) is 0 Å². The fourth-order valence-electron chi connectivity index (χ4n) is 0.126. The Hall–Kier alpha value is -0.350. The molecular formula is C2H2F3O3P. The highest BCUT2D eigenvalue weighted by molar-refractivity contribution is 7.24. The van der Waals surface area contributed by atoms with Crippen molar-refractivity contribution in [3.8, 4) is 0 Å². The summed E-state index contributed by atoms with van der Waals surface area (Å²) in [5.74, 6) is 0. The van der Waals surface area contributed by atoms with E-state index in [9.17, 15) is 22.3 Å². The van der Waals surface area contributed by atoms with Gasteiger partial charge in [0.1, 0.15) is 0 Å². The summed E-state index contributed by atoms with van der Waals surface area (Å²) in [5, 5.41) is 0. The quantitative estimate of drug-likeness (QED) is 0.579. The van der Waals surface area contributed by atoms with E-state index in [1.807, 2.05) is 0 Å². The van der Waals surface area contributed by atoms with Gasteiger partial charge in [-0.1, -0.05) is 0 Å². The Kier molecular flexibility index (Phi) is 2.87. The molecule has 0 radical (unpaired) electrons. The average Bonchev–Trinajstić information content (AvgIpc) is 1.59. The second-order valence-electron chi connectivity index (χ2n) is 1.11. The molecule has 0 aromatic carbocycles. The van der Waals surface area contributed by atoms with Gasteiger partial charge < -0.3 is 0 Å². The van der Waals surface area contributed by atoms with E-state index in [1.165, 1.54) is 0 Å². The Bertz CT molecular complexity index is 140. The predicted molar refractivity (Wildman–Crippen MR) is 20.3 cm³/mol. The van der Waals surface area contributed by atoms with Crippen LogP contribution in [0.5, 0.6) is 0 Å². The summed E-state index contributed by atoms with van der Waals surface area (Å²) in [6.45, 7) is -1.74. The van der Waals surface area contributed by atoms with Crippen LogP contribution in [0.2, 0.25) is 0 Å². The van der Waals surface area contributed by atoms with Gasteiger partial charge in [-0.05, 0) is 0 Å². The van der Waals surface area contributed by atoms with Crippen LogP contribution in [0.4, 0.5) is 13.2 Å². The Morgan fingerprint density at radius 1 is 1.33 bits per heavy atom. The van der Waals surface area contributed by atoms with E-state index in [0.29, 0.717) is 0 Å². The third-order valence-electron chi connectivity index (χ3n) is 0.334. The van der Waals surface area contributed by atoms with Crippen LogP contribution in [0.15, 0.2) is 0 Å². The van der Waals surface area contributed by atoms with E-state index in [-0.39, 0.29) is 0 Å². The Morgan fingerprint density at radius 2 is 1.78 bits per heavy atom. The maximum absolute atomic E-state index is 11.0. The zero-order valence-corrected chi connectivity index (χ0v) is 4.91. The highest BCUT2D eigenvalue weighted by Gasteiger charge is 2.28. The van der Waals surface area contributed by atoms with Crippen molar-refractivity contribution < 1.29 is 26.8 Å². The molecule has 0 bridgehead atoms. The maximum Gasteiger partial charge on any atom is 0.468 e. The highest BCUT2D eigenvalue weighted by Crippen LogP contribution is 2.18. The van der Waals surface area contributed by atoms with E-state index >= 15 is 0 Å². The molecule has 0 rings (SSSR count). The van der Waals surface area contributed by atoms with E-state index in [1.54, 1.807) is 0 Å². The molecule has 0 unspecified atom stereocenters. The minimum atomic E-state index is -4.57. The number of hydrogen-bond acceptors (Lipinski definition) is 3. The largest absolute Gasteiger partial charge is 0.468 e. The monoisotopic (exact) mass is 162 g/mol. The summed E-state index contributed by atoms with van der Waals surface area (Å²) in [6, 6.07) is 0. The number of alkyl halides is 3. The first kappa shape index (κ1) is 8.65. The molecule has 0 saturated heterocycles. The molecule has 0 spiro atoms. The van der Waals surface area contributed by atoms with Crippen molar-refractivity contribution in [1.82, 2.24) is 0 Å². The van der Waals surface area contributed by atoms with Gasteiger partial charge in [-0.3, -0.25) is 4.52 Å². The molecule has 0 saturated carbocycles. The molecule has 0 atom stereocenters. The molecule has 0 aliphatic heterocycles. The summed E-state index contributed by atoms with van der Waals surface area (Å²) >= 11 is 0. The average molecular weight is 162 g/mol. The van der Waals surface area contributed by atoms with Crippen LogP contribution in [0, 0.1) is 0 Å². The summed E-state index contributed by atoms with van der Waals surface area (Å²) < 4.78 is 55.0. The molecule has 9 heavy (non-hydrogen) atoms. The normalized spacial score (nSPS) is 11.4. The second-order valence-corrected chi connectivity index (χ2v) is 1.82. The van der Waals surface area contributed by atoms with Gasteiger partial charge in [0.25, 0.3) is 0 Å². The van der Waals surface area contributed by atoms with Crippen LogP contribution < -0.4 is 0 Å². The summed E-state index contributed by atoms with van der Waals surface area (Å²) in [4.78, 5) is 0. The SMILES string of the molecule is O=P(=O)OCC(F)(F)F. The lowest BCUT2D eigenvalue weighted by Gasteiger charge is -1.99. The third-order valence-corrected chi connectivity index (χ3v) is 0.674. The standard InChI is InChI=1S/C2H2F3O3P/c3-2(4,5)1-8-9(6)7/h1H2. The van der Waals surface area contributed by atoms with Crippen LogP contribution in [0.3, 0.4) is 0 Å². The van der Waals surface area contributed by atoms with Crippen molar-refractivity contribution in [2.75, 3.05) is 6.61 Å². The first-order valence-electron chi connectivity index (χ1n) is 1.76. The minimum absolute atomic E-state index is 1.74. The second kappa shape index (κ2) is 2.98. The van der Waals surface area contributed by atoms with Crippen LogP contribution in [-0.2, 0) is 13.7 Å². The summed E-state index contributed by atoms with van der Waals surface area (Å²) in [6.07, 6.45) is -4.57. The van der Waals surface area contributed by atoms with Gasteiger partial charge in [-0.25, -0.2) is 9.13 Å². The molecule has 0 aromatic heterocycles. The van der Waals surface area contributed by atoms with Crippen molar-refractivity contribution in [1.29, 1.82) is 0 Å². The van der Waals surface area contributed by atoms with Crippen molar-refractivity contribution in [2.24, 2.45) is 0 Å². The van der Waals surface area contributed by atoms with E-state index in [2.05, 4.69) is 4.52 Å².